The number of nitrogens with one attached hydrogen (secondary N) is 1. The van der Waals surface area contributed by atoms with E-state index in [1.807, 2.05) is 0 Å². The van der Waals surface area contributed by atoms with Gasteiger partial charge in [0.15, 0.2) is 5.84 Å². The van der Waals surface area contributed by atoms with Crippen LogP contribution in [-0.2, 0) is 13.1 Å². The molecule has 0 bridgehead atoms. The second-order valence-electron chi connectivity index (χ2n) is 4.59. The third kappa shape index (κ3) is 6.17. The zero-order valence-electron chi connectivity index (χ0n) is 11.9. The number of aromatic nitrogens is 2. The van der Waals surface area contributed by atoms with E-state index >= 15 is 0 Å². The molecule has 1 N–H and O–H groups in total. The fourth-order valence-corrected chi connectivity index (χ4v) is 1.91. The third-order valence-electron chi connectivity index (χ3n) is 2.81. The molecule has 2 heterocycles. The van der Waals surface area contributed by atoms with Crippen molar-refractivity contribution in [2.24, 2.45) is 4.99 Å². The summed E-state index contributed by atoms with van der Waals surface area (Å²) >= 11 is 11.4. The maximum Gasteiger partial charge on any atom is 0.259 e. The topological polar surface area (TPSA) is 93.3 Å². The van der Waals surface area contributed by atoms with E-state index in [1.54, 1.807) is 36.7 Å². The highest BCUT2D eigenvalue weighted by molar-refractivity contribution is 6.29. The standard InChI is InChI=1S/C14H13Cl2N5O2/c15-12-3-1-10(5-17-12)7-19-14(9-21(22)23)20-8-11-2-4-13(16)18-6-11/h1-6H,7-9H2,(H,19,20). The Bertz CT molecular complexity index is 689. The van der Waals surface area contributed by atoms with Crippen molar-refractivity contribution in [2.45, 2.75) is 13.1 Å². The van der Waals surface area contributed by atoms with E-state index < -0.39 is 4.92 Å². The predicted molar refractivity (Wildman–Crippen MR) is 88.3 cm³/mol. The molecule has 2 aromatic rings. The molecule has 0 aromatic carbocycles. The Balaban J connectivity index is 2.00. The Morgan fingerprint density at radius 1 is 1.13 bits per heavy atom. The molecule has 0 saturated carbocycles. The SMILES string of the molecule is O=[N+]([O-])CC(=NCc1ccc(Cl)nc1)NCc1ccc(Cl)nc1. The van der Waals surface area contributed by atoms with Gasteiger partial charge in [-0.25, -0.2) is 9.97 Å². The van der Waals surface area contributed by atoms with E-state index in [9.17, 15) is 10.1 Å². The summed E-state index contributed by atoms with van der Waals surface area (Å²) in [5, 5.41) is 14.5. The van der Waals surface area contributed by atoms with Crippen molar-refractivity contribution in [2.75, 3.05) is 6.54 Å². The van der Waals surface area contributed by atoms with Crippen LogP contribution in [0.3, 0.4) is 0 Å². The van der Waals surface area contributed by atoms with Gasteiger partial charge in [0, 0.05) is 23.9 Å². The number of amidine groups is 1. The van der Waals surface area contributed by atoms with Gasteiger partial charge < -0.3 is 5.32 Å². The molecule has 23 heavy (non-hydrogen) atoms. The molecule has 0 aliphatic heterocycles. The quantitative estimate of drug-likeness (QED) is 0.283. The van der Waals surface area contributed by atoms with Crippen LogP contribution in [0.5, 0.6) is 0 Å². The largest absolute Gasteiger partial charge is 0.364 e. The number of hydrogen-bond acceptors (Lipinski definition) is 5. The van der Waals surface area contributed by atoms with E-state index in [-0.39, 0.29) is 18.9 Å². The zero-order valence-corrected chi connectivity index (χ0v) is 13.5. The minimum atomic E-state index is -0.438. The molecule has 0 unspecified atom stereocenters. The van der Waals surface area contributed by atoms with Crippen molar-refractivity contribution < 1.29 is 4.92 Å². The van der Waals surface area contributed by atoms with E-state index in [4.69, 9.17) is 23.2 Å². The summed E-state index contributed by atoms with van der Waals surface area (Å²) in [4.78, 5) is 22.4. The second kappa shape index (κ2) is 8.40. The molecule has 0 amide bonds. The van der Waals surface area contributed by atoms with Crippen molar-refractivity contribution in [3.05, 3.63) is 68.2 Å². The smallest absolute Gasteiger partial charge is 0.259 e. The number of nitrogens with zero attached hydrogens (tertiary/aromatic N) is 4. The molecule has 0 spiro atoms. The average Bonchev–Trinajstić information content (AvgIpc) is 2.52. The van der Waals surface area contributed by atoms with Crippen molar-refractivity contribution in [3.63, 3.8) is 0 Å². The Labute approximate surface area is 142 Å². The van der Waals surface area contributed by atoms with Gasteiger partial charge in [0.1, 0.15) is 10.3 Å². The first-order valence-electron chi connectivity index (χ1n) is 6.63. The summed E-state index contributed by atoms with van der Waals surface area (Å²) < 4.78 is 0. The van der Waals surface area contributed by atoms with Gasteiger partial charge in [-0.05, 0) is 23.3 Å². The summed E-state index contributed by atoms with van der Waals surface area (Å²) in [5.74, 6) is 0.278. The first-order valence-corrected chi connectivity index (χ1v) is 7.38. The Hall–Kier alpha value is -2.25. The second-order valence-corrected chi connectivity index (χ2v) is 5.36. The molecule has 0 saturated heterocycles. The van der Waals surface area contributed by atoms with Crippen LogP contribution in [-0.4, -0.2) is 27.3 Å². The highest BCUT2D eigenvalue weighted by Crippen LogP contribution is 2.07. The fourth-order valence-electron chi connectivity index (χ4n) is 1.69. The van der Waals surface area contributed by atoms with Crippen LogP contribution >= 0.6 is 23.2 Å². The van der Waals surface area contributed by atoms with E-state index in [2.05, 4.69) is 20.3 Å². The highest BCUT2D eigenvalue weighted by atomic mass is 35.5. The molecule has 2 rings (SSSR count). The average molecular weight is 354 g/mol. The first kappa shape index (κ1) is 17.1. The van der Waals surface area contributed by atoms with Crippen LogP contribution in [0.1, 0.15) is 11.1 Å². The molecule has 0 fully saturated rings. The van der Waals surface area contributed by atoms with Gasteiger partial charge >= 0.3 is 0 Å². The lowest BCUT2D eigenvalue weighted by atomic mass is 10.3. The van der Waals surface area contributed by atoms with Crippen molar-refractivity contribution >= 4 is 29.0 Å². The molecule has 0 aliphatic rings. The van der Waals surface area contributed by atoms with Crippen LogP contribution in [0.4, 0.5) is 0 Å². The molecule has 120 valence electrons. The van der Waals surface area contributed by atoms with Gasteiger partial charge in [0.2, 0.25) is 0 Å². The molecule has 2 aromatic heterocycles. The minimum absolute atomic E-state index is 0.277. The Morgan fingerprint density at radius 2 is 1.74 bits per heavy atom. The maximum absolute atomic E-state index is 10.7. The van der Waals surface area contributed by atoms with Crippen LogP contribution in [0.25, 0.3) is 0 Å². The molecule has 0 radical (unpaired) electrons. The molecule has 0 atom stereocenters. The molecule has 7 nitrogen and oxygen atoms in total. The number of rotatable bonds is 6. The predicted octanol–water partition coefficient (Wildman–Crippen LogP) is 2.75. The van der Waals surface area contributed by atoms with Gasteiger partial charge in [0.25, 0.3) is 6.54 Å². The number of hydrogen-bond donors (Lipinski definition) is 1. The summed E-state index contributed by atoms with van der Waals surface area (Å²) in [5.41, 5.74) is 1.66. The number of aliphatic imine (C=N–C) groups is 1. The van der Waals surface area contributed by atoms with E-state index in [1.165, 1.54) is 0 Å². The molecular weight excluding hydrogens is 341 g/mol. The van der Waals surface area contributed by atoms with Gasteiger partial charge in [-0.15, -0.1) is 0 Å². The highest BCUT2D eigenvalue weighted by Gasteiger charge is 2.07. The summed E-state index contributed by atoms with van der Waals surface area (Å²) in [6, 6.07) is 6.86. The first-order chi connectivity index (χ1) is 11.0. The number of halogens is 2. The van der Waals surface area contributed by atoms with Gasteiger partial charge in [0.05, 0.1) is 6.54 Å². The normalized spacial score (nSPS) is 11.3. The maximum atomic E-state index is 10.7. The van der Waals surface area contributed by atoms with Crippen LogP contribution in [0.2, 0.25) is 10.3 Å². The summed E-state index contributed by atoms with van der Waals surface area (Å²) in [7, 11) is 0. The summed E-state index contributed by atoms with van der Waals surface area (Å²) in [6.07, 6.45) is 3.18. The van der Waals surface area contributed by atoms with Crippen LogP contribution in [0, 0.1) is 10.1 Å². The van der Waals surface area contributed by atoms with Crippen molar-refractivity contribution in [1.29, 1.82) is 0 Å². The molecule has 0 aliphatic carbocycles. The zero-order chi connectivity index (χ0) is 16.7. The van der Waals surface area contributed by atoms with Gasteiger partial charge in [-0.2, -0.15) is 0 Å². The van der Waals surface area contributed by atoms with Crippen molar-refractivity contribution in [3.8, 4) is 0 Å². The Morgan fingerprint density at radius 3 is 2.26 bits per heavy atom. The minimum Gasteiger partial charge on any atom is -0.364 e. The third-order valence-corrected chi connectivity index (χ3v) is 3.25. The monoisotopic (exact) mass is 353 g/mol. The molecular formula is C14H13Cl2N5O2. The lowest BCUT2D eigenvalue weighted by Crippen LogP contribution is -2.30. The fraction of sp³-hybridized carbons (Fsp3) is 0.214. The van der Waals surface area contributed by atoms with Crippen LogP contribution in [0.15, 0.2) is 41.7 Å². The number of pyridine rings is 2. The summed E-state index contributed by atoms with van der Waals surface area (Å²) in [6.45, 7) is 0.261. The van der Waals surface area contributed by atoms with E-state index in [0.29, 0.717) is 16.9 Å². The van der Waals surface area contributed by atoms with Gasteiger partial charge in [-0.1, -0.05) is 35.3 Å². The van der Waals surface area contributed by atoms with E-state index in [0.717, 1.165) is 11.1 Å². The Kier molecular flexibility index (Phi) is 6.25. The lowest BCUT2D eigenvalue weighted by Gasteiger charge is -2.07. The molecule has 9 heteroatoms. The van der Waals surface area contributed by atoms with Crippen molar-refractivity contribution in [1.82, 2.24) is 15.3 Å². The lowest BCUT2D eigenvalue weighted by molar-refractivity contribution is -0.463. The number of nitro groups is 1. The van der Waals surface area contributed by atoms with Gasteiger partial charge in [-0.3, -0.25) is 15.1 Å². The van der Waals surface area contributed by atoms with Crippen LogP contribution < -0.4 is 5.32 Å².